The molecule has 0 bridgehead atoms. The van der Waals surface area contributed by atoms with Gasteiger partial charge in [0.1, 0.15) is 0 Å². The first-order valence-corrected chi connectivity index (χ1v) is 7.35. The SMILES string of the molecule is CCCC(CN)(CCC)C(=O)N1CCCNC(=O)C1. The lowest BCUT2D eigenvalue weighted by molar-refractivity contribution is -0.145. The summed E-state index contributed by atoms with van der Waals surface area (Å²) in [7, 11) is 0. The van der Waals surface area contributed by atoms with Crippen LogP contribution < -0.4 is 11.1 Å². The maximum atomic E-state index is 12.8. The highest BCUT2D eigenvalue weighted by molar-refractivity contribution is 5.88. The summed E-state index contributed by atoms with van der Waals surface area (Å²) in [4.78, 5) is 26.1. The Labute approximate surface area is 115 Å². The number of carbonyl (C=O) groups excluding carboxylic acids is 2. The van der Waals surface area contributed by atoms with E-state index in [1.54, 1.807) is 4.90 Å². The number of nitrogens with one attached hydrogen (secondary N) is 1. The van der Waals surface area contributed by atoms with Gasteiger partial charge in [-0.15, -0.1) is 0 Å². The van der Waals surface area contributed by atoms with Gasteiger partial charge in [-0.2, -0.15) is 0 Å². The second-order valence-electron chi connectivity index (χ2n) is 5.41. The smallest absolute Gasteiger partial charge is 0.239 e. The third-order valence-corrected chi connectivity index (χ3v) is 3.85. The van der Waals surface area contributed by atoms with Crippen LogP contribution in [0.5, 0.6) is 0 Å². The Hall–Kier alpha value is -1.10. The second-order valence-corrected chi connectivity index (χ2v) is 5.41. The summed E-state index contributed by atoms with van der Waals surface area (Å²) < 4.78 is 0. The molecule has 3 N–H and O–H groups in total. The van der Waals surface area contributed by atoms with E-state index in [1.165, 1.54) is 0 Å². The molecule has 1 aliphatic heterocycles. The second kappa shape index (κ2) is 7.48. The molecule has 5 heteroatoms. The third kappa shape index (κ3) is 3.93. The van der Waals surface area contributed by atoms with Crippen LogP contribution in [0.25, 0.3) is 0 Å². The van der Waals surface area contributed by atoms with Gasteiger partial charge in [-0.25, -0.2) is 0 Å². The van der Waals surface area contributed by atoms with Crippen molar-refractivity contribution < 1.29 is 9.59 Å². The fourth-order valence-electron chi connectivity index (χ4n) is 2.90. The van der Waals surface area contributed by atoms with E-state index in [0.29, 0.717) is 19.6 Å². The predicted octanol–water partition coefficient (Wildman–Crippen LogP) is 0.880. The molecule has 0 radical (unpaired) electrons. The Morgan fingerprint density at radius 2 is 2.00 bits per heavy atom. The molecular weight excluding hydrogens is 242 g/mol. The van der Waals surface area contributed by atoms with Crippen LogP contribution in [0.3, 0.4) is 0 Å². The summed E-state index contributed by atoms with van der Waals surface area (Å²) in [5.41, 5.74) is 5.44. The van der Waals surface area contributed by atoms with E-state index in [9.17, 15) is 9.59 Å². The number of nitrogens with two attached hydrogens (primary N) is 1. The maximum absolute atomic E-state index is 12.8. The number of carbonyl (C=O) groups is 2. The largest absolute Gasteiger partial charge is 0.354 e. The molecule has 0 aromatic rings. The fraction of sp³-hybridized carbons (Fsp3) is 0.857. The molecule has 0 aromatic carbocycles. The van der Waals surface area contributed by atoms with Gasteiger partial charge in [-0.1, -0.05) is 26.7 Å². The van der Waals surface area contributed by atoms with Gasteiger partial charge in [0, 0.05) is 19.6 Å². The van der Waals surface area contributed by atoms with Crippen LogP contribution >= 0.6 is 0 Å². The van der Waals surface area contributed by atoms with Crippen molar-refractivity contribution in [3.63, 3.8) is 0 Å². The van der Waals surface area contributed by atoms with Gasteiger partial charge in [-0.05, 0) is 19.3 Å². The summed E-state index contributed by atoms with van der Waals surface area (Å²) in [5, 5.41) is 2.80. The van der Waals surface area contributed by atoms with Crippen molar-refractivity contribution >= 4 is 11.8 Å². The van der Waals surface area contributed by atoms with Gasteiger partial charge in [0.15, 0.2) is 0 Å². The van der Waals surface area contributed by atoms with E-state index in [2.05, 4.69) is 19.2 Å². The number of rotatable bonds is 6. The first-order chi connectivity index (χ1) is 9.09. The molecule has 1 fully saturated rings. The Morgan fingerprint density at radius 1 is 1.37 bits per heavy atom. The minimum Gasteiger partial charge on any atom is -0.354 e. The predicted molar refractivity (Wildman–Crippen MR) is 75.5 cm³/mol. The molecule has 19 heavy (non-hydrogen) atoms. The van der Waals surface area contributed by atoms with Crippen molar-refractivity contribution in [2.24, 2.45) is 11.1 Å². The van der Waals surface area contributed by atoms with Crippen molar-refractivity contribution in [2.45, 2.75) is 46.0 Å². The summed E-state index contributed by atoms with van der Waals surface area (Å²) >= 11 is 0. The molecule has 1 heterocycles. The molecule has 2 amide bonds. The molecule has 1 saturated heterocycles. The Bertz CT molecular complexity index is 312. The third-order valence-electron chi connectivity index (χ3n) is 3.85. The minimum absolute atomic E-state index is 0.0650. The Balaban J connectivity index is 2.87. The Morgan fingerprint density at radius 3 is 2.53 bits per heavy atom. The van der Waals surface area contributed by atoms with E-state index >= 15 is 0 Å². The molecule has 0 spiro atoms. The van der Waals surface area contributed by atoms with Gasteiger partial charge in [-0.3, -0.25) is 9.59 Å². The molecule has 0 aliphatic carbocycles. The lowest BCUT2D eigenvalue weighted by Gasteiger charge is -2.35. The van der Waals surface area contributed by atoms with Crippen LogP contribution in [-0.4, -0.2) is 42.9 Å². The van der Waals surface area contributed by atoms with Gasteiger partial charge >= 0.3 is 0 Å². The van der Waals surface area contributed by atoms with E-state index in [1.807, 2.05) is 0 Å². The number of hydrogen-bond donors (Lipinski definition) is 2. The molecule has 0 saturated carbocycles. The highest BCUT2D eigenvalue weighted by Crippen LogP contribution is 2.31. The minimum atomic E-state index is -0.478. The van der Waals surface area contributed by atoms with Crippen LogP contribution in [0, 0.1) is 5.41 Å². The number of hydrogen-bond acceptors (Lipinski definition) is 3. The summed E-state index contributed by atoms with van der Waals surface area (Å²) in [5.74, 6) is 0.000480. The van der Waals surface area contributed by atoms with Crippen molar-refractivity contribution in [2.75, 3.05) is 26.2 Å². The highest BCUT2D eigenvalue weighted by atomic mass is 16.2. The van der Waals surface area contributed by atoms with Crippen LogP contribution in [0.15, 0.2) is 0 Å². The normalized spacial score (nSPS) is 17.0. The van der Waals surface area contributed by atoms with Crippen molar-refractivity contribution in [3.8, 4) is 0 Å². The van der Waals surface area contributed by atoms with Crippen molar-refractivity contribution in [3.05, 3.63) is 0 Å². The fourth-order valence-corrected chi connectivity index (χ4v) is 2.90. The first kappa shape index (κ1) is 16.0. The lowest BCUT2D eigenvalue weighted by Crippen LogP contribution is -2.50. The average Bonchev–Trinajstić information content (AvgIpc) is 2.62. The van der Waals surface area contributed by atoms with E-state index in [0.717, 1.165) is 32.1 Å². The zero-order chi connectivity index (χ0) is 14.3. The van der Waals surface area contributed by atoms with E-state index in [4.69, 9.17) is 5.73 Å². The van der Waals surface area contributed by atoms with E-state index < -0.39 is 5.41 Å². The summed E-state index contributed by atoms with van der Waals surface area (Å²) in [6.07, 6.45) is 4.28. The van der Waals surface area contributed by atoms with E-state index in [-0.39, 0.29) is 18.4 Å². The molecule has 1 rings (SSSR count). The molecule has 0 aromatic heterocycles. The standard InChI is InChI=1S/C14H27N3O2/c1-3-6-14(11-15,7-4-2)13(19)17-9-5-8-16-12(18)10-17/h3-11,15H2,1-2H3,(H,16,18). The highest BCUT2D eigenvalue weighted by Gasteiger charge is 2.39. The van der Waals surface area contributed by atoms with Gasteiger partial charge in [0.05, 0.1) is 12.0 Å². The number of nitrogens with zero attached hydrogens (tertiary/aromatic N) is 1. The summed E-state index contributed by atoms with van der Waals surface area (Å²) in [6.45, 7) is 5.98. The van der Waals surface area contributed by atoms with Crippen molar-refractivity contribution in [1.29, 1.82) is 0 Å². The van der Waals surface area contributed by atoms with Gasteiger partial charge in [0.25, 0.3) is 0 Å². The van der Waals surface area contributed by atoms with Crippen molar-refractivity contribution in [1.82, 2.24) is 10.2 Å². The van der Waals surface area contributed by atoms with Crippen LogP contribution in [0.2, 0.25) is 0 Å². The zero-order valence-electron chi connectivity index (χ0n) is 12.2. The topological polar surface area (TPSA) is 75.4 Å². The monoisotopic (exact) mass is 269 g/mol. The maximum Gasteiger partial charge on any atom is 0.239 e. The molecule has 110 valence electrons. The summed E-state index contributed by atoms with van der Waals surface area (Å²) in [6, 6.07) is 0. The lowest BCUT2D eigenvalue weighted by atomic mass is 9.78. The van der Waals surface area contributed by atoms with Gasteiger partial charge < -0.3 is 16.0 Å². The molecule has 0 unspecified atom stereocenters. The quantitative estimate of drug-likeness (QED) is 0.751. The van der Waals surface area contributed by atoms with Crippen LogP contribution in [0.4, 0.5) is 0 Å². The molecule has 0 atom stereocenters. The van der Waals surface area contributed by atoms with Gasteiger partial charge in [0.2, 0.25) is 11.8 Å². The number of amides is 2. The van der Waals surface area contributed by atoms with Crippen LogP contribution in [-0.2, 0) is 9.59 Å². The Kier molecular flexibility index (Phi) is 6.28. The zero-order valence-corrected chi connectivity index (χ0v) is 12.2. The molecule has 5 nitrogen and oxygen atoms in total. The molecule has 1 aliphatic rings. The average molecular weight is 269 g/mol. The molecular formula is C14H27N3O2. The van der Waals surface area contributed by atoms with Crippen LogP contribution in [0.1, 0.15) is 46.0 Å². The first-order valence-electron chi connectivity index (χ1n) is 7.35.